The highest BCUT2D eigenvalue weighted by Crippen LogP contribution is 2.45. The highest BCUT2D eigenvalue weighted by atomic mass is 15.2. The molecule has 19 heavy (non-hydrogen) atoms. The Morgan fingerprint density at radius 1 is 1.16 bits per heavy atom. The second kappa shape index (κ2) is 4.80. The molecule has 0 saturated heterocycles. The van der Waals surface area contributed by atoms with Crippen molar-refractivity contribution in [2.45, 2.75) is 45.4 Å². The summed E-state index contributed by atoms with van der Waals surface area (Å²) in [5.74, 6) is 2.38. The number of nitrogens with one attached hydrogen (secondary N) is 1. The summed E-state index contributed by atoms with van der Waals surface area (Å²) in [7, 11) is 0. The smallest absolute Gasteiger partial charge is 0.181 e. The fraction of sp³-hybridized carbons (Fsp3) is 0.500. The van der Waals surface area contributed by atoms with Crippen LogP contribution in [0.25, 0.3) is 11.4 Å². The number of H-pyrrole nitrogens is 1. The van der Waals surface area contributed by atoms with Crippen molar-refractivity contribution in [3.05, 3.63) is 36.2 Å². The molecule has 0 bridgehead atoms. The van der Waals surface area contributed by atoms with Gasteiger partial charge < -0.3 is 0 Å². The lowest BCUT2D eigenvalue weighted by Gasteiger charge is -2.37. The third-order valence-corrected chi connectivity index (χ3v) is 4.37. The summed E-state index contributed by atoms with van der Waals surface area (Å²) >= 11 is 0. The van der Waals surface area contributed by atoms with Crippen LogP contribution in [0.1, 0.15) is 51.3 Å². The van der Waals surface area contributed by atoms with Gasteiger partial charge >= 0.3 is 0 Å². The molecule has 0 amide bonds. The molecule has 1 aliphatic carbocycles. The van der Waals surface area contributed by atoms with Crippen molar-refractivity contribution >= 4 is 0 Å². The molecule has 1 aromatic heterocycles. The van der Waals surface area contributed by atoms with Crippen LogP contribution in [-0.2, 0) is 0 Å². The lowest BCUT2D eigenvalue weighted by Crippen LogP contribution is -2.26. The Balaban J connectivity index is 1.89. The zero-order chi connectivity index (χ0) is 13.3. The summed E-state index contributed by atoms with van der Waals surface area (Å²) < 4.78 is 0. The maximum absolute atomic E-state index is 4.73. The topological polar surface area (TPSA) is 41.6 Å². The van der Waals surface area contributed by atoms with E-state index in [1.165, 1.54) is 25.7 Å². The van der Waals surface area contributed by atoms with Crippen LogP contribution in [0.15, 0.2) is 30.3 Å². The van der Waals surface area contributed by atoms with Crippen molar-refractivity contribution in [3.63, 3.8) is 0 Å². The van der Waals surface area contributed by atoms with Crippen LogP contribution in [0, 0.1) is 5.41 Å². The van der Waals surface area contributed by atoms with Crippen molar-refractivity contribution in [2.24, 2.45) is 5.41 Å². The molecular formula is C16H21N3. The van der Waals surface area contributed by atoms with E-state index in [9.17, 15) is 0 Å². The van der Waals surface area contributed by atoms with Crippen LogP contribution in [-0.4, -0.2) is 15.2 Å². The second-order valence-corrected chi connectivity index (χ2v) is 6.20. The summed E-state index contributed by atoms with van der Waals surface area (Å²) in [5.41, 5.74) is 1.41. The van der Waals surface area contributed by atoms with Gasteiger partial charge in [-0.05, 0) is 18.3 Å². The van der Waals surface area contributed by atoms with E-state index in [0.717, 1.165) is 17.2 Å². The molecular weight excluding hydrogens is 234 g/mol. The third kappa shape index (κ3) is 2.42. The Morgan fingerprint density at radius 2 is 1.95 bits per heavy atom. The molecule has 1 aliphatic rings. The van der Waals surface area contributed by atoms with Crippen LogP contribution in [0.2, 0.25) is 0 Å². The Kier molecular flexibility index (Phi) is 3.13. The molecule has 2 aromatic rings. The second-order valence-electron chi connectivity index (χ2n) is 6.20. The van der Waals surface area contributed by atoms with E-state index in [1.807, 2.05) is 18.2 Å². The van der Waals surface area contributed by atoms with E-state index >= 15 is 0 Å². The summed E-state index contributed by atoms with van der Waals surface area (Å²) in [6.45, 7) is 4.70. The Morgan fingerprint density at radius 3 is 2.68 bits per heavy atom. The number of hydrogen-bond acceptors (Lipinski definition) is 2. The predicted octanol–water partition coefficient (Wildman–Crippen LogP) is 4.16. The molecule has 1 unspecified atom stereocenters. The van der Waals surface area contributed by atoms with Gasteiger partial charge in [-0.1, -0.05) is 57.0 Å². The summed E-state index contributed by atoms with van der Waals surface area (Å²) in [6.07, 6.45) is 5.13. The number of aromatic amines is 1. The summed E-state index contributed by atoms with van der Waals surface area (Å²) in [5, 5.41) is 7.56. The first-order valence-electron chi connectivity index (χ1n) is 7.14. The van der Waals surface area contributed by atoms with E-state index in [1.54, 1.807) is 0 Å². The van der Waals surface area contributed by atoms with Gasteiger partial charge in [0, 0.05) is 11.5 Å². The van der Waals surface area contributed by atoms with Crippen LogP contribution in [0.3, 0.4) is 0 Å². The van der Waals surface area contributed by atoms with Crippen LogP contribution in [0.4, 0.5) is 0 Å². The van der Waals surface area contributed by atoms with E-state index < -0.39 is 0 Å². The summed E-state index contributed by atoms with van der Waals surface area (Å²) in [4.78, 5) is 4.73. The number of benzene rings is 1. The fourth-order valence-electron chi connectivity index (χ4n) is 3.15. The molecule has 100 valence electrons. The number of hydrogen-bond donors (Lipinski definition) is 1. The highest BCUT2D eigenvalue weighted by molar-refractivity contribution is 5.53. The summed E-state index contributed by atoms with van der Waals surface area (Å²) in [6, 6.07) is 10.2. The number of aromatic nitrogens is 3. The monoisotopic (exact) mass is 255 g/mol. The lowest BCUT2D eigenvalue weighted by molar-refractivity contribution is 0.193. The quantitative estimate of drug-likeness (QED) is 0.875. The first kappa shape index (κ1) is 12.4. The van der Waals surface area contributed by atoms with Gasteiger partial charge in [-0.15, -0.1) is 0 Å². The third-order valence-electron chi connectivity index (χ3n) is 4.37. The van der Waals surface area contributed by atoms with Crippen molar-refractivity contribution in [3.8, 4) is 11.4 Å². The normalized spacial score (nSPS) is 22.3. The molecule has 1 fully saturated rings. The molecule has 3 rings (SSSR count). The molecule has 1 heterocycles. The van der Waals surface area contributed by atoms with Gasteiger partial charge in [0.05, 0.1) is 0 Å². The van der Waals surface area contributed by atoms with Gasteiger partial charge in [0.15, 0.2) is 5.82 Å². The van der Waals surface area contributed by atoms with Gasteiger partial charge in [0.25, 0.3) is 0 Å². The molecule has 3 heteroatoms. The Hall–Kier alpha value is -1.64. The number of nitrogens with zero attached hydrogens (tertiary/aromatic N) is 2. The highest BCUT2D eigenvalue weighted by Gasteiger charge is 2.35. The molecule has 1 aromatic carbocycles. The van der Waals surface area contributed by atoms with E-state index in [4.69, 9.17) is 4.98 Å². The van der Waals surface area contributed by atoms with Crippen LogP contribution in [0.5, 0.6) is 0 Å². The molecule has 1 N–H and O–H groups in total. The standard InChI is InChI=1S/C16H21N3/c1-16(2)11-7-6-10-13(16)15-17-14(18-19-15)12-8-4-3-5-9-12/h3-5,8-9,13H,6-7,10-11H2,1-2H3,(H,17,18,19). The fourth-order valence-corrected chi connectivity index (χ4v) is 3.15. The van der Waals surface area contributed by atoms with Crippen molar-refractivity contribution in [1.29, 1.82) is 0 Å². The van der Waals surface area contributed by atoms with Gasteiger partial charge in [-0.2, -0.15) is 5.10 Å². The van der Waals surface area contributed by atoms with Crippen LogP contribution >= 0.6 is 0 Å². The van der Waals surface area contributed by atoms with Gasteiger partial charge in [-0.25, -0.2) is 4.98 Å². The molecule has 0 radical (unpaired) electrons. The van der Waals surface area contributed by atoms with Crippen molar-refractivity contribution in [2.75, 3.05) is 0 Å². The zero-order valence-electron chi connectivity index (χ0n) is 11.7. The van der Waals surface area contributed by atoms with E-state index in [2.05, 4.69) is 36.2 Å². The minimum atomic E-state index is 0.325. The largest absolute Gasteiger partial charge is 0.262 e. The average Bonchev–Trinajstić information content (AvgIpc) is 2.88. The van der Waals surface area contributed by atoms with E-state index in [0.29, 0.717) is 11.3 Å². The van der Waals surface area contributed by atoms with Crippen LogP contribution < -0.4 is 0 Å². The minimum Gasteiger partial charge on any atom is -0.262 e. The average molecular weight is 255 g/mol. The lowest BCUT2D eigenvalue weighted by atomic mass is 9.68. The predicted molar refractivity (Wildman–Crippen MR) is 76.8 cm³/mol. The Bertz CT molecular complexity index is 542. The van der Waals surface area contributed by atoms with Gasteiger partial charge in [-0.3, -0.25) is 5.10 Å². The number of rotatable bonds is 2. The minimum absolute atomic E-state index is 0.325. The first-order chi connectivity index (χ1) is 9.17. The zero-order valence-corrected chi connectivity index (χ0v) is 11.7. The van der Waals surface area contributed by atoms with E-state index in [-0.39, 0.29) is 0 Å². The molecule has 0 aliphatic heterocycles. The maximum atomic E-state index is 4.73. The SMILES string of the molecule is CC1(C)CCCCC1c1nc(-c2ccccc2)n[nH]1. The van der Waals surface area contributed by atoms with Gasteiger partial charge in [0.2, 0.25) is 0 Å². The Labute approximate surface area is 114 Å². The molecule has 1 atom stereocenters. The molecule has 1 saturated carbocycles. The van der Waals surface area contributed by atoms with Gasteiger partial charge in [0.1, 0.15) is 5.82 Å². The van der Waals surface area contributed by atoms with Crippen molar-refractivity contribution in [1.82, 2.24) is 15.2 Å². The molecule has 0 spiro atoms. The maximum Gasteiger partial charge on any atom is 0.181 e. The molecule has 3 nitrogen and oxygen atoms in total. The van der Waals surface area contributed by atoms with Crippen molar-refractivity contribution < 1.29 is 0 Å². The first-order valence-corrected chi connectivity index (χ1v) is 7.14.